The molecule has 0 saturated carbocycles. The van der Waals surface area contributed by atoms with Crippen molar-refractivity contribution in [3.63, 3.8) is 0 Å². The first-order valence-electron chi connectivity index (χ1n) is 6.73. The van der Waals surface area contributed by atoms with Crippen LogP contribution in [0.4, 0.5) is 0 Å². The molecule has 0 aromatic heterocycles. The minimum absolute atomic E-state index is 0.720. The van der Waals surface area contributed by atoms with Crippen LogP contribution in [0.25, 0.3) is 0 Å². The molecule has 1 heteroatoms. The van der Waals surface area contributed by atoms with Crippen LogP contribution in [-0.2, 0) is 0 Å². The van der Waals surface area contributed by atoms with Crippen LogP contribution in [0, 0.1) is 43.7 Å². The van der Waals surface area contributed by atoms with Gasteiger partial charge in [-0.25, -0.2) is 0 Å². The summed E-state index contributed by atoms with van der Waals surface area (Å²) in [6.07, 6.45) is 12.0. The number of allylic oxidation sites excluding steroid dienone is 8. The molecule has 0 unspecified atom stereocenters. The van der Waals surface area contributed by atoms with Crippen LogP contribution in [0.1, 0.15) is 40.5 Å². The summed E-state index contributed by atoms with van der Waals surface area (Å²) < 4.78 is 3.72. The van der Waals surface area contributed by atoms with Crippen molar-refractivity contribution in [1.82, 2.24) is 0 Å². The SMILES string of the molecule is CC(C)C1=[C]([La][C]2=C(C(C)C)C=CC2)CC=C1. The zero-order valence-electron chi connectivity index (χ0n) is 11.5. The Morgan fingerprint density at radius 3 is 1.59 bits per heavy atom. The van der Waals surface area contributed by atoms with Crippen LogP contribution >= 0.6 is 0 Å². The number of hydrogen-bond acceptors (Lipinski definition) is 0. The molecule has 0 spiro atoms. The van der Waals surface area contributed by atoms with Crippen LogP contribution < -0.4 is 0 Å². The van der Waals surface area contributed by atoms with Crippen molar-refractivity contribution in [1.29, 1.82) is 0 Å². The van der Waals surface area contributed by atoms with E-state index in [9.17, 15) is 0 Å². The predicted molar refractivity (Wildman–Crippen MR) is 71.2 cm³/mol. The fourth-order valence-corrected chi connectivity index (χ4v) is 9.36. The monoisotopic (exact) mass is 353 g/mol. The molecule has 0 heterocycles. The minimum atomic E-state index is -0.871. The Kier molecular flexibility index (Phi) is 4.69. The maximum atomic E-state index is 2.38. The summed E-state index contributed by atoms with van der Waals surface area (Å²) in [4.78, 5) is 0. The Hall–Kier alpha value is 0.155. The van der Waals surface area contributed by atoms with E-state index in [1.54, 1.807) is 11.1 Å². The predicted octanol–water partition coefficient (Wildman–Crippen LogP) is 4.81. The second kappa shape index (κ2) is 5.86. The van der Waals surface area contributed by atoms with E-state index >= 15 is 0 Å². The van der Waals surface area contributed by atoms with Gasteiger partial charge in [-0.2, -0.15) is 0 Å². The summed E-state index contributed by atoms with van der Waals surface area (Å²) in [6, 6.07) is 0. The molecule has 2 rings (SSSR count). The molecular weight excluding hydrogens is 331 g/mol. The average Bonchev–Trinajstić information content (AvgIpc) is 2.86. The molecule has 17 heavy (non-hydrogen) atoms. The topological polar surface area (TPSA) is 0 Å². The molecule has 0 bridgehead atoms. The van der Waals surface area contributed by atoms with Gasteiger partial charge in [-0.3, -0.25) is 0 Å². The van der Waals surface area contributed by atoms with E-state index in [1.165, 1.54) is 12.8 Å². The zero-order valence-corrected chi connectivity index (χ0v) is 15.1. The van der Waals surface area contributed by atoms with Gasteiger partial charge >= 0.3 is 124 Å². The second-order valence-corrected chi connectivity index (χ2v) is 10.9. The van der Waals surface area contributed by atoms with Gasteiger partial charge in [-0.15, -0.1) is 0 Å². The fraction of sp³-hybridized carbons (Fsp3) is 0.500. The van der Waals surface area contributed by atoms with Gasteiger partial charge in [0.1, 0.15) is 0 Å². The molecule has 0 nitrogen and oxygen atoms in total. The number of rotatable bonds is 4. The van der Waals surface area contributed by atoms with Crippen molar-refractivity contribution >= 4 is 0 Å². The normalized spacial score (nSPS) is 19.2. The molecule has 0 fully saturated rings. The third-order valence-corrected chi connectivity index (χ3v) is 9.37. The fourth-order valence-electron chi connectivity index (χ4n) is 2.70. The first-order valence-corrected chi connectivity index (χ1v) is 10.4. The molecule has 2 aliphatic carbocycles. The third-order valence-electron chi connectivity index (χ3n) is 3.60. The Morgan fingerprint density at radius 1 is 0.824 bits per heavy atom. The third kappa shape index (κ3) is 3.13. The molecule has 0 saturated heterocycles. The molecule has 0 aliphatic heterocycles. The summed E-state index contributed by atoms with van der Waals surface area (Å²) in [5.41, 5.74) is 3.34. The van der Waals surface area contributed by atoms with Gasteiger partial charge in [0.25, 0.3) is 0 Å². The summed E-state index contributed by atoms with van der Waals surface area (Å²) in [7, 11) is 0. The Bertz CT molecular complexity index is 377. The van der Waals surface area contributed by atoms with E-state index in [0.29, 0.717) is 0 Å². The molecule has 89 valence electrons. The zero-order chi connectivity index (χ0) is 12.4. The molecule has 0 aromatic rings. The van der Waals surface area contributed by atoms with Crippen molar-refractivity contribution in [2.24, 2.45) is 11.8 Å². The Morgan fingerprint density at radius 2 is 1.24 bits per heavy atom. The van der Waals surface area contributed by atoms with Crippen molar-refractivity contribution < 1.29 is 31.9 Å². The molecule has 0 radical (unpaired) electrons. The van der Waals surface area contributed by atoms with Crippen LogP contribution in [0.5, 0.6) is 0 Å². The maximum absolute atomic E-state index is 2.38. The van der Waals surface area contributed by atoms with Gasteiger partial charge in [-0.05, 0) is 0 Å². The molecule has 0 atom stereocenters. The van der Waals surface area contributed by atoms with Crippen LogP contribution in [-0.4, -0.2) is 0 Å². The Balaban J connectivity index is 2.18. The van der Waals surface area contributed by atoms with Crippen molar-refractivity contribution in [3.8, 4) is 0 Å². The molecule has 0 amide bonds. The summed E-state index contributed by atoms with van der Waals surface area (Å²) in [5, 5.41) is 0. The van der Waals surface area contributed by atoms with Crippen LogP contribution in [0.15, 0.2) is 39.4 Å². The van der Waals surface area contributed by atoms with Crippen LogP contribution in [0.2, 0.25) is 0 Å². The molecular formula is C16H22La. The first-order chi connectivity index (χ1) is 8.09. The molecule has 0 aromatic carbocycles. The van der Waals surface area contributed by atoms with E-state index in [0.717, 1.165) is 11.8 Å². The number of hydrogen-bond donors (Lipinski definition) is 0. The van der Waals surface area contributed by atoms with E-state index in [2.05, 4.69) is 52.0 Å². The summed E-state index contributed by atoms with van der Waals surface area (Å²) >= 11 is -0.871. The quantitative estimate of drug-likeness (QED) is 0.680. The van der Waals surface area contributed by atoms with E-state index in [1.807, 2.05) is 3.95 Å². The van der Waals surface area contributed by atoms with Crippen LogP contribution in [0.3, 0.4) is 0 Å². The Labute approximate surface area is 123 Å². The van der Waals surface area contributed by atoms with Crippen molar-refractivity contribution in [2.45, 2.75) is 40.5 Å². The van der Waals surface area contributed by atoms with E-state index < -0.39 is 31.9 Å². The molecule has 0 N–H and O–H groups in total. The van der Waals surface area contributed by atoms with Gasteiger partial charge in [0, 0.05) is 0 Å². The van der Waals surface area contributed by atoms with E-state index in [-0.39, 0.29) is 0 Å². The second-order valence-electron chi connectivity index (χ2n) is 5.63. The van der Waals surface area contributed by atoms with E-state index in [4.69, 9.17) is 0 Å². The van der Waals surface area contributed by atoms with Gasteiger partial charge in [0.15, 0.2) is 0 Å². The van der Waals surface area contributed by atoms with Gasteiger partial charge in [0.2, 0.25) is 0 Å². The molecule has 2 aliphatic rings. The van der Waals surface area contributed by atoms with Crippen molar-refractivity contribution in [2.75, 3.05) is 0 Å². The summed E-state index contributed by atoms with van der Waals surface area (Å²) in [5.74, 6) is 1.44. The first kappa shape index (κ1) is 13.6. The van der Waals surface area contributed by atoms with Gasteiger partial charge < -0.3 is 0 Å². The van der Waals surface area contributed by atoms with Gasteiger partial charge in [0.05, 0.1) is 0 Å². The standard InChI is InChI=1S/2C8H11.La/c2*1-7(2)8-5-3-4-6-8;/h2*3,5,7H,4H2,1-2H3;. The van der Waals surface area contributed by atoms with Gasteiger partial charge in [-0.1, -0.05) is 0 Å². The van der Waals surface area contributed by atoms with Crippen molar-refractivity contribution in [3.05, 3.63) is 39.4 Å². The summed E-state index contributed by atoms with van der Waals surface area (Å²) in [6.45, 7) is 9.34. The average molecular weight is 353 g/mol.